The Kier molecular flexibility index (Phi) is 3.50. The second-order valence-electron chi connectivity index (χ2n) is 5.34. The zero-order chi connectivity index (χ0) is 14.2. The summed E-state index contributed by atoms with van der Waals surface area (Å²) in [7, 11) is -3.31. The minimum absolute atomic E-state index is 0.0157. The molecule has 0 amide bonds. The van der Waals surface area contributed by atoms with E-state index in [1.807, 2.05) is 6.07 Å². The molecule has 3 rings (SSSR count). The summed E-state index contributed by atoms with van der Waals surface area (Å²) in [6, 6.07) is 8.72. The predicted molar refractivity (Wildman–Crippen MR) is 73.2 cm³/mol. The lowest BCUT2D eigenvalue weighted by Gasteiger charge is -2.31. The highest BCUT2D eigenvalue weighted by molar-refractivity contribution is 7.88. The van der Waals surface area contributed by atoms with Gasteiger partial charge in [-0.1, -0.05) is 12.1 Å². The molecule has 1 aromatic carbocycles. The zero-order valence-electron chi connectivity index (χ0n) is 11.0. The van der Waals surface area contributed by atoms with Gasteiger partial charge in [0.15, 0.2) is 0 Å². The summed E-state index contributed by atoms with van der Waals surface area (Å²) >= 11 is 0. The lowest BCUT2D eigenvalue weighted by atomic mass is 10.2. The van der Waals surface area contributed by atoms with Gasteiger partial charge < -0.3 is 4.74 Å². The third kappa shape index (κ3) is 2.70. The Morgan fingerprint density at radius 3 is 2.35 bits per heavy atom. The Bertz CT molecular complexity index is 621. The lowest BCUT2D eigenvalue weighted by Crippen LogP contribution is -2.46. The summed E-state index contributed by atoms with van der Waals surface area (Å²) < 4.78 is 32.1. The van der Waals surface area contributed by atoms with Crippen molar-refractivity contribution in [1.82, 2.24) is 4.31 Å². The SMILES string of the molecule is N#Cc1ccc(CS(=O)(=O)N2CC3CCC(C2)O3)cc1. The predicted octanol–water partition coefficient (Wildman–Crippen LogP) is 1.25. The molecule has 2 atom stereocenters. The molecule has 0 aromatic heterocycles. The molecule has 106 valence electrons. The molecule has 0 spiro atoms. The molecule has 2 fully saturated rings. The molecule has 0 saturated carbocycles. The van der Waals surface area contributed by atoms with E-state index in [1.54, 1.807) is 28.6 Å². The maximum atomic E-state index is 12.4. The van der Waals surface area contributed by atoms with Crippen LogP contribution in [0.25, 0.3) is 0 Å². The normalized spacial score (nSPS) is 26.4. The first-order chi connectivity index (χ1) is 9.56. The molecule has 0 radical (unpaired) electrons. The number of nitriles is 1. The fourth-order valence-corrected chi connectivity index (χ4v) is 4.37. The van der Waals surface area contributed by atoms with Gasteiger partial charge in [0, 0.05) is 13.1 Å². The first-order valence-electron chi connectivity index (χ1n) is 6.69. The average molecular weight is 292 g/mol. The van der Waals surface area contributed by atoms with Crippen molar-refractivity contribution in [3.05, 3.63) is 35.4 Å². The molecular weight excluding hydrogens is 276 g/mol. The van der Waals surface area contributed by atoms with Gasteiger partial charge in [-0.25, -0.2) is 8.42 Å². The van der Waals surface area contributed by atoms with E-state index in [1.165, 1.54) is 0 Å². The molecule has 6 heteroatoms. The van der Waals surface area contributed by atoms with Gasteiger partial charge in [0.2, 0.25) is 10.0 Å². The number of ether oxygens (including phenoxy) is 1. The van der Waals surface area contributed by atoms with E-state index in [2.05, 4.69) is 0 Å². The van der Waals surface area contributed by atoms with Crippen LogP contribution in [0.2, 0.25) is 0 Å². The van der Waals surface area contributed by atoms with E-state index in [0.29, 0.717) is 24.2 Å². The average Bonchev–Trinajstić information content (AvgIpc) is 2.77. The molecule has 0 aliphatic carbocycles. The summed E-state index contributed by atoms with van der Waals surface area (Å²) in [5.74, 6) is -0.0157. The summed E-state index contributed by atoms with van der Waals surface area (Å²) in [5, 5.41) is 8.74. The summed E-state index contributed by atoms with van der Waals surface area (Å²) in [4.78, 5) is 0. The highest BCUT2D eigenvalue weighted by Crippen LogP contribution is 2.28. The van der Waals surface area contributed by atoms with Crippen LogP contribution in [0.15, 0.2) is 24.3 Å². The minimum Gasteiger partial charge on any atom is -0.372 e. The van der Waals surface area contributed by atoms with Crippen LogP contribution in [0.5, 0.6) is 0 Å². The smallest absolute Gasteiger partial charge is 0.218 e. The van der Waals surface area contributed by atoms with Gasteiger partial charge in [-0.2, -0.15) is 9.57 Å². The molecule has 2 saturated heterocycles. The number of hydrogen-bond acceptors (Lipinski definition) is 4. The van der Waals surface area contributed by atoms with Crippen molar-refractivity contribution < 1.29 is 13.2 Å². The van der Waals surface area contributed by atoms with Crippen LogP contribution < -0.4 is 0 Å². The molecule has 5 nitrogen and oxygen atoms in total. The summed E-state index contributed by atoms with van der Waals surface area (Å²) in [5.41, 5.74) is 1.25. The third-order valence-electron chi connectivity index (χ3n) is 3.84. The van der Waals surface area contributed by atoms with E-state index in [-0.39, 0.29) is 18.0 Å². The van der Waals surface area contributed by atoms with Gasteiger partial charge in [0.25, 0.3) is 0 Å². The van der Waals surface area contributed by atoms with Crippen LogP contribution >= 0.6 is 0 Å². The quantitative estimate of drug-likeness (QED) is 0.840. The van der Waals surface area contributed by atoms with Crippen LogP contribution in [0.4, 0.5) is 0 Å². The van der Waals surface area contributed by atoms with E-state index in [0.717, 1.165) is 12.8 Å². The highest BCUT2D eigenvalue weighted by Gasteiger charge is 2.38. The van der Waals surface area contributed by atoms with Crippen molar-refractivity contribution in [2.24, 2.45) is 0 Å². The molecule has 20 heavy (non-hydrogen) atoms. The summed E-state index contributed by atoms with van der Waals surface area (Å²) in [6.07, 6.45) is 2.02. The van der Waals surface area contributed by atoms with Crippen molar-refractivity contribution >= 4 is 10.0 Å². The number of morpholine rings is 1. The fourth-order valence-electron chi connectivity index (χ4n) is 2.78. The van der Waals surface area contributed by atoms with E-state index >= 15 is 0 Å². The Morgan fingerprint density at radius 1 is 1.20 bits per heavy atom. The van der Waals surface area contributed by atoms with Crippen molar-refractivity contribution in [1.29, 1.82) is 5.26 Å². The van der Waals surface area contributed by atoms with Crippen molar-refractivity contribution in [3.63, 3.8) is 0 Å². The second kappa shape index (κ2) is 5.17. The van der Waals surface area contributed by atoms with Gasteiger partial charge in [-0.15, -0.1) is 0 Å². The van der Waals surface area contributed by atoms with Crippen LogP contribution in [-0.2, 0) is 20.5 Å². The van der Waals surface area contributed by atoms with E-state index < -0.39 is 10.0 Å². The summed E-state index contributed by atoms with van der Waals surface area (Å²) in [6.45, 7) is 0.935. The standard InChI is InChI=1S/C14H16N2O3S/c15-7-11-1-3-12(4-2-11)10-20(17,18)16-8-13-5-6-14(9-16)19-13/h1-4,13-14H,5-6,8-10H2. The molecule has 2 heterocycles. The number of hydrogen-bond donors (Lipinski definition) is 0. The highest BCUT2D eigenvalue weighted by atomic mass is 32.2. The fraction of sp³-hybridized carbons (Fsp3) is 0.500. The van der Waals surface area contributed by atoms with Gasteiger partial charge in [-0.05, 0) is 30.5 Å². The molecular formula is C14H16N2O3S. The zero-order valence-corrected chi connectivity index (χ0v) is 11.8. The number of sulfonamides is 1. The number of fused-ring (bicyclic) bond motifs is 2. The molecule has 2 aliphatic heterocycles. The Hall–Kier alpha value is -1.42. The maximum absolute atomic E-state index is 12.4. The van der Waals surface area contributed by atoms with Gasteiger partial charge >= 0.3 is 0 Å². The van der Waals surface area contributed by atoms with Crippen molar-refractivity contribution in [3.8, 4) is 6.07 Å². The molecule has 0 N–H and O–H groups in total. The number of nitrogens with zero attached hydrogens (tertiary/aromatic N) is 2. The molecule has 1 aromatic rings. The van der Waals surface area contributed by atoms with Gasteiger partial charge in [0.05, 0.1) is 29.6 Å². The number of benzene rings is 1. The van der Waals surface area contributed by atoms with Crippen molar-refractivity contribution in [2.75, 3.05) is 13.1 Å². The van der Waals surface area contributed by atoms with Crippen LogP contribution in [0.3, 0.4) is 0 Å². The van der Waals surface area contributed by atoms with Gasteiger partial charge in [-0.3, -0.25) is 0 Å². The largest absolute Gasteiger partial charge is 0.372 e. The minimum atomic E-state index is -3.31. The maximum Gasteiger partial charge on any atom is 0.218 e. The topological polar surface area (TPSA) is 70.4 Å². The second-order valence-corrected chi connectivity index (χ2v) is 7.31. The lowest BCUT2D eigenvalue weighted by molar-refractivity contribution is -0.0115. The third-order valence-corrected chi connectivity index (χ3v) is 5.62. The van der Waals surface area contributed by atoms with E-state index in [9.17, 15) is 8.42 Å². The van der Waals surface area contributed by atoms with Crippen LogP contribution in [0, 0.1) is 11.3 Å². The molecule has 2 unspecified atom stereocenters. The van der Waals surface area contributed by atoms with Gasteiger partial charge in [0.1, 0.15) is 0 Å². The Labute approximate surface area is 118 Å². The first-order valence-corrected chi connectivity index (χ1v) is 8.30. The van der Waals surface area contributed by atoms with E-state index in [4.69, 9.17) is 10.00 Å². The van der Waals surface area contributed by atoms with Crippen LogP contribution in [-0.4, -0.2) is 38.0 Å². The first kappa shape index (κ1) is 13.6. The Balaban J connectivity index is 1.73. The monoisotopic (exact) mass is 292 g/mol. The molecule has 2 bridgehead atoms. The molecule has 2 aliphatic rings. The van der Waals surface area contributed by atoms with Crippen LogP contribution in [0.1, 0.15) is 24.0 Å². The number of rotatable bonds is 3. The Morgan fingerprint density at radius 2 is 1.80 bits per heavy atom. The van der Waals surface area contributed by atoms with Crippen molar-refractivity contribution in [2.45, 2.75) is 30.8 Å².